The van der Waals surface area contributed by atoms with Gasteiger partial charge in [0.1, 0.15) is 0 Å². The number of aryl methyl sites for hydroxylation is 2. The summed E-state index contributed by atoms with van der Waals surface area (Å²) in [7, 11) is 5.75. The Labute approximate surface area is 125 Å². The highest BCUT2D eigenvalue weighted by Gasteiger charge is 2.32. The lowest BCUT2D eigenvalue weighted by Gasteiger charge is -2.36. The number of likely N-dealkylation sites (N-methyl/N-ethyl adjacent to an activating group) is 1. The molecule has 110 valence electrons. The van der Waals surface area contributed by atoms with Gasteiger partial charge < -0.3 is 10.1 Å². The van der Waals surface area contributed by atoms with Gasteiger partial charge in [-0.1, -0.05) is 20.8 Å². The van der Waals surface area contributed by atoms with Crippen molar-refractivity contribution in [3.8, 4) is 0 Å². The molecule has 0 aliphatic rings. The summed E-state index contributed by atoms with van der Waals surface area (Å²) in [6.07, 6.45) is 1.02. The molecule has 1 aromatic rings. The van der Waals surface area contributed by atoms with Crippen LogP contribution < -0.4 is 5.32 Å². The summed E-state index contributed by atoms with van der Waals surface area (Å²) in [5.41, 5.74) is 2.31. The molecule has 0 aliphatic heterocycles. The van der Waals surface area contributed by atoms with Crippen LogP contribution in [0, 0.1) is 12.3 Å². The first-order valence-corrected chi connectivity index (χ1v) is 7.39. The summed E-state index contributed by atoms with van der Waals surface area (Å²) in [6.45, 7) is 8.62. The van der Waals surface area contributed by atoms with Gasteiger partial charge in [0.2, 0.25) is 0 Å². The summed E-state index contributed by atoms with van der Waals surface area (Å²) in [5.74, 6) is 0. The van der Waals surface area contributed by atoms with Gasteiger partial charge in [-0.05, 0) is 35.3 Å². The molecule has 0 radical (unpaired) electrons. The zero-order chi connectivity index (χ0) is 14.8. The van der Waals surface area contributed by atoms with Crippen LogP contribution in [0.25, 0.3) is 0 Å². The van der Waals surface area contributed by atoms with Gasteiger partial charge >= 0.3 is 0 Å². The number of halogens is 1. The van der Waals surface area contributed by atoms with Crippen LogP contribution >= 0.6 is 15.9 Å². The topological polar surface area (TPSA) is 39.1 Å². The van der Waals surface area contributed by atoms with E-state index in [1.54, 1.807) is 7.11 Å². The highest BCUT2D eigenvalue weighted by Crippen LogP contribution is 2.28. The average molecular weight is 332 g/mol. The zero-order valence-electron chi connectivity index (χ0n) is 13.0. The molecule has 0 saturated carbocycles. The molecule has 1 aromatic heterocycles. The smallest absolute Gasteiger partial charge is 0.0776 e. The van der Waals surface area contributed by atoms with Crippen LogP contribution in [0.15, 0.2) is 4.47 Å². The van der Waals surface area contributed by atoms with Crippen LogP contribution in [0.3, 0.4) is 0 Å². The van der Waals surface area contributed by atoms with Crippen molar-refractivity contribution in [2.75, 3.05) is 14.2 Å². The van der Waals surface area contributed by atoms with Crippen molar-refractivity contribution >= 4 is 15.9 Å². The second-order valence-electron chi connectivity index (χ2n) is 6.09. The number of nitrogens with zero attached hydrogens (tertiary/aromatic N) is 2. The highest BCUT2D eigenvalue weighted by molar-refractivity contribution is 9.10. The standard InChI is InChI=1S/C14H26BrN3O/c1-9-12(15)11(18(6)17-9)8-10(16-5)13(19-7)14(2,3)4/h10,13,16H,8H2,1-7H3. The molecule has 2 atom stereocenters. The summed E-state index contributed by atoms with van der Waals surface area (Å²) in [4.78, 5) is 0. The van der Waals surface area contributed by atoms with Gasteiger partial charge in [0.05, 0.1) is 22.0 Å². The maximum absolute atomic E-state index is 5.72. The molecule has 0 bridgehead atoms. The quantitative estimate of drug-likeness (QED) is 0.901. The molecule has 0 amide bonds. The monoisotopic (exact) mass is 331 g/mol. The molecule has 19 heavy (non-hydrogen) atoms. The van der Waals surface area contributed by atoms with E-state index in [4.69, 9.17) is 4.74 Å². The Balaban J connectivity index is 2.99. The fourth-order valence-electron chi connectivity index (χ4n) is 2.59. The Bertz CT molecular complexity index is 423. The first-order chi connectivity index (χ1) is 8.72. The molecule has 0 aliphatic carbocycles. The Morgan fingerprint density at radius 3 is 2.32 bits per heavy atom. The van der Waals surface area contributed by atoms with Crippen LogP contribution in [0.5, 0.6) is 0 Å². The Kier molecular flexibility index (Phi) is 5.59. The van der Waals surface area contributed by atoms with E-state index < -0.39 is 0 Å². The molecule has 1 rings (SSSR count). The van der Waals surface area contributed by atoms with Crippen molar-refractivity contribution in [1.29, 1.82) is 0 Å². The molecule has 4 nitrogen and oxygen atoms in total. The zero-order valence-corrected chi connectivity index (χ0v) is 14.6. The first kappa shape index (κ1) is 16.7. The molecular weight excluding hydrogens is 306 g/mol. The summed E-state index contributed by atoms with van der Waals surface area (Å²) >= 11 is 3.63. The normalized spacial score (nSPS) is 15.6. The minimum atomic E-state index is 0.0859. The predicted molar refractivity (Wildman–Crippen MR) is 82.4 cm³/mol. The van der Waals surface area contributed by atoms with Gasteiger partial charge in [0.25, 0.3) is 0 Å². The maximum atomic E-state index is 5.72. The van der Waals surface area contributed by atoms with Crippen molar-refractivity contribution in [1.82, 2.24) is 15.1 Å². The van der Waals surface area contributed by atoms with E-state index in [-0.39, 0.29) is 17.6 Å². The van der Waals surface area contributed by atoms with Gasteiger partial charge in [0.15, 0.2) is 0 Å². The fourth-order valence-corrected chi connectivity index (χ4v) is 3.09. The lowest BCUT2D eigenvalue weighted by atomic mass is 9.83. The number of nitrogens with one attached hydrogen (secondary N) is 1. The Hall–Kier alpha value is -0.390. The van der Waals surface area contributed by atoms with Crippen molar-refractivity contribution in [3.63, 3.8) is 0 Å². The Morgan fingerprint density at radius 2 is 2.00 bits per heavy atom. The van der Waals surface area contributed by atoms with Gasteiger partial charge in [-0.2, -0.15) is 5.10 Å². The van der Waals surface area contributed by atoms with Crippen LogP contribution in [-0.4, -0.2) is 36.1 Å². The number of ether oxygens (including phenoxy) is 1. The second-order valence-corrected chi connectivity index (χ2v) is 6.88. The van der Waals surface area contributed by atoms with Crippen LogP contribution in [0.4, 0.5) is 0 Å². The lowest BCUT2D eigenvalue weighted by molar-refractivity contribution is -0.00963. The van der Waals surface area contributed by atoms with E-state index in [9.17, 15) is 0 Å². The number of hydrogen-bond donors (Lipinski definition) is 1. The van der Waals surface area contributed by atoms with E-state index in [0.29, 0.717) is 0 Å². The number of hydrogen-bond acceptors (Lipinski definition) is 3. The van der Waals surface area contributed by atoms with E-state index in [2.05, 4.69) is 47.1 Å². The van der Waals surface area contributed by atoms with Gasteiger partial charge in [-0.3, -0.25) is 4.68 Å². The third-order valence-corrected chi connectivity index (χ3v) is 4.55. The predicted octanol–water partition coefficient (Wildman–Crippen LogP) is 2.68. The Morgan fingerprint density at radius 1 is 1.42 bits per heavy atom. The summed E-state index contributed by atoms with van der Waals surface area (Å²) in [6, 6.07) is 0.246. The first-order valence-electron chi connectivity index (χ1n) is 6.60. The fraction of sp³-hybridized carbons (Fsp3) is 0.786. The molecule has 5 heteroatoms. The number of aromatic nitrogens is 2. The average Bonchev–Trinajstić information content (AvgIpc) is 2.53. The molecular formula is C14H26BrN3O. The van der Waals surface area contributed by atoms with Gasteiger partial charge in [0, 0.05) is 26.6 Å². The number of rotatable bonds is 5. The van der Waals surface area contributed by atoms with E-state index in [0.717, 1.165) is 16.6 Å². The molecule has 0 saturated heterocycles. The third-order valence-electron chi connectivity index (χ3n) is 3.52. The summed E-state index contributed by atoms with van der Waals surface area (Å²) in [5, 5.41) is 7.83. The number of methoxy groups -OCH3 is 1. The van der Waals surface area contributed by atoms with Crippen LogP contribution in [-0.2, 0) is 18.2 Å². The largest absolute Gasteiger partial charge is 0.379 e. The van der Waals surface area contributed by atoms with E-state index in [1.165, 1.54) is 5.69 Å². The molecule has 1 heterocycles. The second kappa shape index (κ2) is 6.37. The molecule has 1 N–H and O–H groups in total. The SMILES string of the molecule is CNC(Cc1c(Br)c(C)nn1C)C(OC)C(C)(C)C. The van der Waals surface area contributed by atoms with Crippen molar-refractivity contribution in [2.24, 2.45) is 12.5 Å². The van der Waals surface area contributed by atoms with Gasteiger partial charge in [-0.15, -0.1) is 0 Å². The summed E-state index contributed by atoms with van der Waals surface area (Å²) < 4.78 is 8.76. The van der Waals surface area contributed by atoms with Crippen molar-refractivity contribution in [2.45, 2.75) is 46.3 Å². The molecule has 2 unspecified atom stereocenters. The minimum Gasteiger partial charge on any atom is -0.379 e. The van der Waals surface area contributed by atoms with Crippen LogP contribution in [0.1, 0.15) is 32.2 Å². The molecule has 0 spiro atoms. The lowest BCUT2D eigenvalue weighted by Crippen LogP contribution is -2.48. The van der Waals surface area contributed by atoms with E-state index in [1.807, 2.05) is 25.7 Å². The maximum Gasteiger partial charge on any atom is 0.0776 e. The molecule has 0 fully saturated rings. The van der Waals surface area contributed by atoms with Crippen molar-refractivity contribution < 1.29 is 4.74 Å². The highest BCUT2D eigenvalue weighted by atomic mass is 79.9. The third kappa shape index (κ3) is 3.80. The minimum absolute atomic E-state index is 0.0859. The van der Waals surface area contributed by atoms with E-state index >= 15 is 0 Å². The van der Waals surface area contributed by atoms with Crippen molar-refractivity contribution in [3.05, 3.63) is 15.9 Å². The van der Waals surface area contributed by atoms with Crippen LogP contribution in [0.2, 0.25) is 0 Å². The van der Waals surface area contributed by atoms with Gasteiger partial charge in [-0.25, -0.2) is 0 Å². The molecule has 0 aromatic carbocycles.